The summed E-state index contributed by atoms with van der Waals surface area (Å²) in [5, 5.41) is 6.13. The number of hydrogen-bond acceptors (Lipinski definition) is 1. The van der Waals surface area contributed by atoms with E-state index in [1.165, 1.54) is 51.9 Å². The van der Waals surface area contributed by atoms with Crippen LogP contribution in [0.4, 0.5) is 0 Å². The van der Waals surface area contributed by atoms with Gasteiger partial charge in [0.2, 0.25) is 0 Å². The van der Waals surface area contributed by atoms with Crippen LogP contribution in [0.2, 0.25) is 35.8 Å². The average Bonchev–Trinajstić information content (AvgIpc) is 3.27. The fourth-order valence-electron chi connectivity index (χ4n) is 8.59. The van der Waals surface area contributed by atoms with Crippen LogP contribution in [0, 0.1) is 17.8 Å². The van der Waals surface area contributed by atoms with Crippen molar-refractivity contribution in [3.05, 3.63) is 87.8 Å². The first-order chi connectivity index (χ1) is 20.5. The molecule has 0 aromatic heterocycles. The molecule has 2 aromatic carbocycles. The molecule has 0 spiro atoms. The van der Waals surface area contributed by atoms with Crippen molar-refractivity contribution in [1.29, 1.82) is 0 Å². The molecule has 0 amide bonds. The highest BCUT2D eigenvalue weighted by atomic mass is 28.3. The average molecular weight is 623 g/mol. The van der Waals surface area contributed by atoms with Gasteiger partial charge in [0.1, 0.15) is 20.4 Å². The van der Waals surface area contributed by atoms with Crippen molar-refractivity contribution >= 4 is 38.2 Å². The van der Waals surface area contributed by atoms with Gasteiger partial charge in [-0.05, 0) is 73.3 Å². The van der Waals surface area contributed by atoms with Crippen LogP contribution in [0.15, 0.2) is 71.8 Å². The Kier molecular flexibility index (Phi) is 8.37. The monoisotopic (exact) mass is 622 g/mol. The lowest BCUT2D eigenvalue weighted by atomic mass is 9.73. The summed E-state index contributed by atoms with van der Waals surface area (Å²) < 4.78 is 6.95. The van der Waals surface area contributed by atoms with Crippen molar-refractivity contribution < 1.29 is 4.74 Å². The maximum atomic E-state index is 6.95. The fourth-order valence-corrected chi connectivity index (χ4v) is 16.2. The van der Waals surface area contributed by atoms with Crippen LogP contribution < -0.4 is 25.5 Å². The van der Waals surface area contributed by atoms with Gasteiger partial charge < -0.3 is 4.74 Å². The van der Waals surface area contributed by atoms with Gasteiger partial charge in [0, 0.05) is 11.0 Å². The Hall–Kier alpha value is -2.37. The van der Waals surface area contributed by atoms with E-state index in [0.29, 0.717) is 12.1 Å². The Balaban J connectivity index is 1.95. The zero-order valence-electron chi connectivity index (χ0n) is 29.9. The molecule has 3 aliphatic carbocycles. The van der Waals surface area contributed by atoms with Crippen LogP contribution >= 0.6 is 0 Å². The highest BCUT2D eigenvalue weighted by molar-refractivity contribution is 6.97. The van der Waals surface area contributed by atoms with Crippen molar-refractivity contribution in [2.24, 2.45) is 10.8 Å². The van der Waals surface area contributed by atoms with Gasteiger partial charge in [-0.25, -0.2) is 0 Å². The van der Waals surface area contributed by atoms with Crippen molar-refractivity contribution in [1.82, 2.24) is 0 Å². The molecule has 0 fully saturated rings. The third-order valence-electron chi connectivity index (χ3n) is 12.0. The molecule has 3 aliphatic rings. The molecule has 0 saturated carbocycles. The second-order valence-corrected chi connectivity index (χ2v) is 26.9. The molecule has 2 aromatic rings. The Morgan fingerprint density at radius 3 is 2.23 bits per heavy atom. The number of aryl methyl sites for hydroxylation is 1. The molecular formula is C41H58OSi2. The highest BCUT2D eigenvalue weighted by Gasteiger charge is 2.54. The van der Waals surface area contributed by atoms with Gasteiger partial charge in [0.25, 0.3) is 0 Å². The first-order valence-electron chi connectivity index (χ1n) is 17.1. The van der Waals surface area contributed by atoms with Gasteiger partial charge in [0.05, 0.1) is 8.07 Å². The highest BCUT2D eigenvalue weighted by Crippen LogP contribution is 2.62. The quantitative estimate of drug-likeness (QED) is 0.211. The number of allylic oxidation sites excluding steroid dienone is 4. The lowest BCUT2D eigenvalue weighted by Gasteiger charge is -2.44. The van der Waals surface area contributed by atoms with Gasteiger partial charge in [-0.1, -0.05) is 154 Å². The van der Waals surface area contributed by atoms with E-state index in [4.69, 9.17) is 4.74 Å². The largest absolute Gasteiger partial charge is 0.490 e. The van der Waals surface area contributed by atoms with E-state index in [1.807, 2.05) is 6.08 Å². The molecule has 1 atom stereocenters. The van der Waals surface area contributed by atoms with E-state index >= 15 is 0 Å². The minimum Gasteiger partial charge on any atom is -0.490 e. The van der Waals surface area contributed by atoms with Crippen LogP contribution in [0.1, 0.15) is 80.7 Å². The van der Waals surface area contributed by atoms with E-state index in [-0.39, 0.29) is 15.9 Å². The first-order valence-corrected chi connectivity index (χ1v) is 22.6. The molecule has 0 N–H and O–H groups in total. The van der Waals surface area contributed by atoms with Crippen LogP contribution in [0.5, 0.6) is 5.75 Å². The van der Waals surface area contributed by atoms with E-state index in [2.05, 4.69) is 137 Å². The molecule has 5 rings (SSSR count). The summed E-state index contributed by atoms with van der Waals surface area (Å²) in [6, 6.07) is 16.7. The molecule has 44 heavy (non-hydrogen) atoms. The minimum atomic E-state index is -2.29. The minimum absolute atomic E-state index is 0.00294. The van der Waals surface area contributed by atoms with Gasteiger partial charge in [0.15, 0.2) is 0 Å². The van der Waals surface area contributed by atoms with Gasteiger partial charge >= 0.3 is 0 Å². The van der Waals surface area contributed by atoms with Gasteiger partial charge in [-0.15, -0.1) is 0 Å². The van der Waals surface area contributed by atoms with Gasteiger partial charge in [-0.3, -0.25) is 0 Å². The summed E-state index contributed by atoms with van der Waals surface area (Å²) in [6.45, 7) is 34.2. The summed E-state index contributed by atoms with van der Waals surface area (Å²) in [5.74, 6) is 1.21. The maximum Gasteiger partial charge on any atom is 0.118 e. The SMILES string of the molecule is C=CCOc1c([Si](CC)(CC)C2C3=CC(C)(C)CCC3=C3C2=c2ccccc2=CC3(C)C)cc(C)cc1[Si](C)(C)C(C)(C)C. The van der Waals surface area contributed by atoms with Crippen molar-refractivity contribution in [3.63, 3.8) is 0 Å². The Bertz CT molecular complexity index is 1670. The van der Waals surface area contributed by atoms with E-state index in [1.54, 1.807) is 27.5 Å². The zero-order chi connectivity index (χ0) is 32.5. The summed E-state index contributed by atoms with van der Waals surface area (Å²) in [6.07, 6.45) is 9.59. The molecule has 0 radical (unpaired) electrons. The van der Waals surface area contributed by atoms with E-state index in [9.17, 15) is 0 Å². The number of rotatable bonds is 8. The Morgan fingerprint density at radius 1 is 0.977 bits per heavy atom. The molecule has 1 unspecified atom stereocenters. The molecule has 1 nitrogen and oxygen atoms in total. The van der Waals surface area contributed by atoms with Crippen LogP contribution in [0.25, 0.3) is 11.6 Å². The Labute approximate surface area is 270 Å². The third kappa shape index (κ3) is 5.11. The standard InChI is InChI=1S/C41H58OSi2/c1-14-23-42-37-33(43(12,13)39(5,6)7)24-28(4)25-34(37)44(15-2,16-3)38-32-27-40(8,9)22-21-31(32)36-35(38)30-20-18-17-19-29(30)26-41(36,10)11/h14,17-20,24-27,38H,1,15-16,21-23H2,2-13H3. The van der Waals surface area contributed by atoms with Crippen LogP contribution in [0.3, 0.4) is 0 Å². The molecule has 0 saturated heterocycles. The predicted molar refractivity (Wildman–Crippen MR) is 199 cm³/mol. The molecular weight excluding hydrogens is 565 g/mol. The second-order valence-electron chi connectivity index (χ2n) is 16.8. The van der Waals surface area contributed by atoms with Gasteiger partial charge in [-0.2, -0.15) is 0 Å². The smallest absolute Gasteiger partial charge is 0.118 e. The number of benzene rings is 2. The second kappa shape index (κ2) is 11.2. The number of fused-ring (bicyclic) bond motifs is 3. The summed E-state index contributed by atoms with van der Waals surface area (Å²) in [7, 11) is -4.22. The summed E-state index contributed by atoms with van der Waals surface area (Å²) in [5.41, 5.74) is 8.58. The van der Waals surface area contributed by atoms with Crippen LogP contribution in [-0.4, -0.2) is 22.8 Å². The predicted octanol–water partition coefficient (Wildman–Crippen LogP) is 9.07. The molecule has 3 heteroatoms. The summed E-state index contributed by atoms with van der Waals surface area (Å²) in [4.78, 5) is 0. The van der Waals surface area contributed by atoms with E-state index < -0.39 is 16.1 Å². The topological polar surface area (TPSA) is 9.23 Å². The fraction of sp³-hybridized carbons (Fsp3) is 0.512. The molecule has 0 bridgehead atoms. The lowest BCUT2D eigenvalue weighted by molar-refractivity contribution is 0.368. The number of hydrogen-bond donors (Lipinski definition) is 0. The van der Waals surface area contributed by atoms with Crippen molar-refractivity contribution in [2.45, 2.75) is 118 Å². The van der Waals surface area contributed by atoms with Crippen LogP contribution in [-0.2, 0) is 0 Å². The normalized spacial score (nSPS) is 20.8. The third-order valence-corrected chi connectivity index (χ3v) is 23.1. The zero-order valence-corrected chi connectivity index (χ0v) is 31.9. The lowest BCUT2D eigenvalue weighted by Crippen LogP contribution is -2.57. The molecule has 0 aliphatic heterocycles. The summed E-state index contributed by atoms with van der Waals surface area (Å²) >= 11 is 0. The first kappa shape index (κ1) is 33.0. The molecule has 236 valence electrons. The number of ether oxygens (including phenoxy) is 1. The van der Waals surface area contributed by atoms with Crippen molar-refractivity contribution in [3.8, 4) is 5.75 Å². The molecule has 0 heterocycles. The van der Waals surface area contributed by atoms with E-state index in [0.717, 1.165) is 0 Å². The maximum absolute atomic E-state index is 6.95. The Morgan fingerprint density at radius 2 is 1.61 bits per heavy atom. The van der Waals surface area contributed by atoms with Crippen molar-refractivity contribution in [2.75, 3.05) is 6.61 Å².